The number of nitrogens with one attached hydrogen (secondary N) is 1. The molecule has 1 aromatic heterocycles. The molecule has 0 aliphatic rings. The van der Waals surface area contributed by atoms with Gasteiger partial charge in [0.05, 0.1) is 14.2 Å². The van der Waals surface area contributed by atoms with Crippen LogP contribution in [0.5, 0.6) is 0 Å². The molecule has 0 spiro atoms. The highest BCUT2D eigenvalue weighted by Crippen LogP contribution is 2.26. The fourth-order valence-corrected chi connectivity index (χ4v) is 2.50. The molecule has 0 saturated heterocycles. The fraction of sp³-hybridized carbons (Fsp3) is 0.538. The largest absolute Gasteiger partial charge is 0.467 e. The molecule has 1 heterocycles. The standard InChI is InChI=1S/C13H18N2O5S/c1-6(2)8(11(17)19-4)14-13-15-9(12(18)20-5)10(21-13)7(3)16/h6,8H,1-5H3,(H,14,15). The summed E-state index contributed by atoms with van der Waals surface area (Å²) in [6, 6.07) is -0.619. The molecule has 1 N–H and O–H groups in total. The Balaban J connectivity index is 3.11. The summed E-state index contributed by atoms with van der Waals surface area (Å²) in [5, 5.41) is 3.19. The summed E-state index contributed by atoms with van der Waals surface area (Å²) in [4.78, 5) is 39.1. The second-order valence-electron chi connectivity index (χ2n) is 4.63. The Bertz CT molecular complexity index is 553. The van der Waals surface area contributed by atoms with Crippen LogP contribution in [0.4, 0.5) is 5.13 Å². The molecule has 0 aromatic carbocycles. The van der Waals surface area contributed by atoms with E-state index in [2.05, 4.69) is 15.0 Å². The zero-order valence-electron chi connectivity index (χ0n) is 12.6. The minimum absolute atomic E-state index is 0.0510. The van der Waals surface area contributed by atoms with Crippen LogP contribution in [-0.2, 0) is 14.3 Å². The Hall–Kier alpha value is -1.96. The molecular formula is C13H18N2O5S. The van der Waals surface area contributed by atoms with Crippen molar-refractivity contribution >= 4 is 34.2 Å². The van der Waals surface area contributed by atoms with Crippen molar-refractivity contribution in [3.63, 3.8) is 0 Å². The first kappa shape index (κ1) is 17.1. The number of ether oxygens (including phenoxy) is 2. The molecule has 8 heteroatoms. The van der Waals surface area contributed by atoms with Crippen LogP contribution < -0.4 is 5.32 Å². The van der Waals surface area contributed by atoms with E-state index in [0.717, 1.165) is 11.3 Å². The molecule has 1 atom stereocenters. The molecule has 0 bridgehead atoms. The number of carbonyl (C=O) groups is 3. The van der Waals surface area contributed by atoms with Gasteiger partial charge in [0.1, 0.15) is 10.9 Å². The van der Waals surface area contributed by atoms with Crippen molar-refractivity contribution in [3.8, 4) is 0 Å². The smallest absolute Gasteiger partial charge is 0.358 e. The predicted octanol–water partition coefficient (Wildman–Crippen LogP) is 1.74. The summed E-state index contributed by atoms with van der Waals surface area (Å²) in [5.74, 6) is -1.48. The maximum Gasteiger partial charge on any atom is 0.358 e. The topological polar surface area (TPSA) is 94.6 Å². The van der Waals surface area contributed by atoms with Crippen molar-refractivity contribution in [2.75, 3.05) is 19.5 Å². The van der Waals surface area contributed by atoms with Crippen molar-refractivity contribution in [3.05, 3.63) is 10.6 Å². The Morgan fingerprint density at radius 2 is 1.81 bits per heavy atom. The lowest BCUT2D eigenvalue weighted by atomic mass is 10.1. The summed E-state index contributed by atoms with van der Waals surface area (Å²) in [7, 11) is 2.51. The van der Waals surface area contributed by atoms with Crippen LogP contribution in [-0.4, -0.2) is 43.0 Å². The lowest BCUT2D eigenvalue weighted by molar-refractivity contribution is -0.142. The van der Waals surface area contributed by atoms with Gasteiger partial charge >= 0.3 is 11.9 Å². The first-order valence-corrected chi connectivity index (χ1v) is 7.07. The van der Waals surface area contributed by atoms with Crippen LogP contribution in [0.1, 0.15) is 40.9 Å². The minimum Gasteiger partial charge on any atom is -0.467 e. The van der Waals surface area contributed by atoms with E-state index in [1.54, 1.807) is 0 Å². The first-order valence-electron chi connectivity index (χ1n) is 6.26. The van der Waals surface area contributed by atoms with E-state index in [0.29, 0.717) is 5.13 Å². The van der Waals surface area contributed by atoms with Gasteiger partial charge in [0.2, 0.25) is 0 Å². The highest BCUT2D eigenvalue weighted by molar-refractivity contribution is 7.17. The number of Topliss-reactive ketones (excluding diaryl/α,β-unsaturated/α-hetero) is 1. The molecule has 0 aliphatic heterocycles. The van der Waals surface area contributed by atoms with Gasteiger partial charge in [0.25, 0.3) is 0 Å². The van der Waals surface area contributed by atoms with Gasteiger partial charge in [-0.3, -0.25) is 4.79 Å². The molecule has 0 saturated carbocycles. The van der Waals surface area contributed by atoms with E-state index < -0.39 is 18.0 Å². The molecule has 0 fully saturated rings. The number of methoxy groups -OCH3 is 2. The highest BCUT2D eigenvalue weighted by atomic mass is 32.1. The summed E-state index contributed by atoms with van der Waals surface area (Å²) in [6.45, 7) is 5.02. The van der Waals surface area contributed by atoms with Crippen LogP contribution in [0, 0.1) is 5.92 Å². The van der Waals surface area contributed by atoms with Gasteiger partial charge in [-0.05, 0) is 5.92 Å². The van der Waals surface area contributed by atoms with Crippen molar-refractivity contribution in [1.82, 2.24) is 4.98 Å². The Morgan fingerprint density at radius 3 is 2.24 bits per heavy atom. The molecule has 1 aromatic rings. The van der Waals surface area contributed by atoms with Crippen molar-refractivity contribution in [2.45, 2.75) is 26.8 Å². The quantitative estimate of drug-likeness (QED) is 0.631. The van der Waals surface area contributed by atoms with Crippen LogP contribution in [0.15, 0.2) is 0 Å². The average Bonchev–Trinajstić information content (AvgIpc) is 2.87. The summed E-state index contributed by atoms with van der Waals surface area (Å²) in [6.07, 6.45) is 0. The van der Waals surface area contributed by atoms with E-state index in [1.165, 1.54) is 21.1 Å². The molecule has 1 rings (SSSR count). The molecule has 116 valence electrons. The normalized spacial score (nSPS) is 11.9. The van der Waals surface area contributed by atoms with Crippen molar-refractivity contribution < 1.29 is 23.9 Å². The summed E-state index contributed by atoms with van der Waals surface area (Å²) in [5.41, 5.74) is -0.0510. The highest BCUT2D eigenvalue weighted by Gasteiger charge is 2.27. The van der Waals surface area contributed by atoms with E-state index in [4.69, 9.17) is 4.74 Å². The van der Waals surface area contributed by atoms with Gasteiger partial charge < -0.3 is 14.8 Å². The van der Waals surface area contributed by atoms with E-state index in [9.17, 15) is 14.4 Å². The third-order valence-corrected chi connectivity index (χ3v) is 3.81. The van der Waals surface area contributed by atoms with Crippen LogP contribution in [0.3, 0.4) is 0 Å². The SMILES string of the molecule is COC(=O)c1nc(NC(C(=O)OC)C(C)C)sc1C(C)=O. The number of rotatable bonds is 6. The van der Waals surface area contributed by atoms with Gasteiger partial charge in [0, 0.05) is 6.92 Å². The number of aromatic nitrogens is 1. The van der Waals surface area contributed by atoms with Gasteiger partial charge in [-0.15, -0.1) is 0 Å². The van der Waals surface area contributed by atoms with Crippen molar-refractivity contribution in [1.29, 1.82) is 0 Å². The molecule has 1 unspecified atom stereocenters. The molecule has 7 nitrogen and oxygen atoms in total. The molecule has 0 aliphatic carbocycles. The zero-order chi connectivity index (χ0) is 16.2. The number of nitrogens with zero attached hydrogens (tertiary/aromatic N) is 1. The third kappa shape index (κ3) is 4.01. The average molecular weight is 314 g/mol. The lowest BCUT2D eigenvalue weighted by Crippen LogP contribution is -2.35. The zero-order valence-corrected chi connectivity index (χ0v) is 13.4. The maximum absolute atomic E-state index is 11.7. The van der Waals surface area contributed by atoms with Gasteiger partial charge in [-0.25, -0.2) is 14.6 Å². The van der Waals surface area contributed by atoms with Crippen molar-refractivity contribution in [2.24, 2.45) is 5.92 Å². The number of esters is 2. The van der Waals surface area contributed by atoms with Gasteiger partial charge in [0.15, 0.2) is 16.6 Å². The minimum atomic E-state index is -0.691. The Kier molecular flexibility index (Phi) is 5.83. The summed E-state index contributed by atoms with van der Waals surface area (Å²) < 4.78 is 9.31. The first-order chi connectivity index (χ1) is 9.81. The molecule has 21 heavy (non-hydrogen) atoms. The summed E-state index contributed by atoms with van der Waals surface area (Å²) >= 11 is 1.00. The number of ketones is 1. The lowest BCUT2D eigenvalue weighted by Gasteiger charge is -2.18. The second kappa shape index (κ2) is 7.16. The fourth-order valence-electron chi connectivity index (χ4n) is 1.61. The number of hydrogen-bond donors (Lipinski definition) is 1. The maximum atomic E-state index is 11.7. The monoisotopic (exact) mass is 314 g/mol. The molecular weight excluding hydrogens is 296 g/mol. The van der Waals surface area contributed by atoms with Crippen LogP contribution in [0.2, 0.25) is 0 Å². The number of hydrogen-bond acceptors (Lipinski definition) is 8. The van der Waals surface area contributed by atoms with E-state index in [1.807, 2.05) is 13.8 Å². The third-order valence-electron chi connectivity index (χ3n) is 2.73. The molecule has 0 amide bonds. The predicted molar refractivity (Wildman–Crippen MR) is 77.7 cm³/mol. The second-order valence-corrected chi connectivity index (χ2v) is 5.63. The van der Waals surface area contributed by atoms with E-state index >= 15 is 0 Å². The number of thiazole rings is 1. The Labute approximate surface area is 126 Å². The van der Waals surface area contributed by atoms with Crippen LogP contribution >= 0.6 is 11.3 Å². The van der Waals surface area contributed by atoms with Crippen LogP contribution in [0.25, 0.3) is 0 Å². The molecule has 0 radical (unpaired) electrons. The Morgan fingerprint density at radius 1 is 1.19 bits per heavy atom. The number of carbonyl (C=O) groups excluding carboxylic acids is 3. The number of anilines is 1. The van der Waals surface area contributed by atoms with Gasteiger partial charge in [-0.2, -0.15) is 0 Å². The van der Waals surface area contributed by atoms with E-state index in [-0.39, 0.29) is 22.3 Å². The van der Waals surface area contributed by atoms with Gasteiger partial charge in [-0.1, -0.05) is 25.2 Å².